The van der Waals surface area contributed by atoms with Gasteiger partial charge in [0.05, 0.1) is 0 Å². The number of nitrogens with one attached hydrogen (secondary N) is 1. The van der Waals surface area contributed by atoms with E-state index in [0.29, 0.717) is 0 Å². The largest absolute Gasteiger partial charge is 0.383 e. The number of hydrogen-bond donors (Lipinski definition) is 1. The third kappa shape index (κ3) is 2.96. The van der Waals surface area contributed by atoms with Gasteiger partial charge in [0.25, 0.3) is 0 Å². The van der Waals surface area contributed by atoms with E-state index in [1.165, 1.54) is 41.9 Å². The van der Waals surface area contributed by atoms with Gasteiger partial charge in [-0.3, -0.25) is 0 Å². The van der Waals surface area contributed by atoms with Crippen LogP contribution in [-0.4, -0.2) is 19.6 Å². The van der Waals surface area contributed by atoms with Crippen molar-refractivity contribution >= 4 is 11.4 Å². The smallest absolute Gasteiger partial charge is 0.0399 e. The molecule has 0 saturated heterocycles. The third-order valence-electron chi connectivity index (χ3n) is 3.97. The topological polar surface area (TPSA) is 15.3 Å². The standard InChI is InChI=1S/C18H22N2/c1-15-8-10-17(11-9-15)19-12-14-20-13-4-6-16-5-2-3-7-18(16)20/h2-3,5,7-11,19H,4,6,12-14H2,1H3. The number of fused-ring (bicyclic) bond motifs is 1. The lowest BCUT2D eigenvalue weighted by Gasteiger charge is -2.31. The molecule has 104 valence electrons. The molecule has 0 aliphatic carbocycles. The molecule has 0 bridgehead atoms. The predicted octanol–water partition coefficient (Wildman–Crippen LogP) is 3.86. The van der Waals surface area contributed by atoms with E-state index in [9.17, 15) is 0 Å². The van der Waals surface area contributed by atoms with Crippen molar-refractivity contribution in [1.82, 2.24) is 0 Å². The molecule has 0 atom stereocenters. The monoisotopic (exact) mass is 266 g/mol. The lowest BCUT2D eigenvalue weighted by atomic mass is 10.0. The molecular weight excluding hydrogens is 244 g/mol. The minimum atomic E-state index is 0.984. The molecule has 0 radical (unpaired) electrons. The minimum absolute atomic E-state index is 0.984. The van der Waals surface area contributed by atoms with Gasteiger partial charge in [-0.15, -0.1) is 0 Å². The van der Waals surface area contributed by atoms with E-state index in [2.05, 4.69) is 65.7 Å². The zero-order chi connectivity index (χ0) is 13.8. The summed E-state index contributed by atoms with van der Waals surface area (Å²) in [7, 11) is 0. The van der Waals surface area contributed by atoms with Gasteiger partial charge in [-0.2, -0.15) is 0 Å². The van der Waals surface area contributed by atoms with Crippen molar-refractivity contribution in [3.8, 4) is 0 Å². The van der Waals surface area contributed by atoms with Crippen LogP contribution < -0.4 is 10.2 Å². The molecule has 1 heterocycles. The van der Waals surface area contributed by atoms with Crippen LogP contribution in [0, 0.1) is 6.92 Å². The highest BCUT2D eigenvalue weighted by atomic mass is 15.1. The summed E-state index contributed by atoms with van der Waals surface area (Å²) in [6.45, 7) is 5.34. The van der Waals surface area contributed by atoms with Crippen LogP contribution in [0.15, 0.2) is 48.5 Å². The summed E-state index contributed by atoms with van der Waals surface area (Å²) in [6, 6.07) is 17.4. The maximum atomic E-state index is 3.51. The third-order valence-corrected chi connectivity index (χ3v) is 3.97. The van der Waals surface area contributed by atoms with Crippen molar-refractivity contribution < 1.29 is 0 Å². The Morgan fingerprint density at radius 3 is 2.70 bits per heavy atom. The number of hydrogen-bond acceptors (Lipinski definition) is 2. The van der Waals surface area contributed by atoms with Crippen LogP contribution in [-0.2, 0) is 6.42 Å². The van der Waals surface area contributed by atoms with Crippen molar-refractivity contribution in [3.05, 3.63) is 59.7 Å². The number of nitrogens with zero attached hydrogens (tertiary/aromatic N) is 1. The van der Waals surface area contributed by atoms with Gasteiger partial charge < -0.3 is 10.2 Å². The molecule has 1 N–H and O–H groups in total. The summed E-state index contributed by atoms with van der Waals surface area (Å²) >= 11 is 0. The number of benzene rings is 2. The van der Waals surface area contributed by atoms with E-state index in [-0.39, 0.29) is 0 Å². The molecule has 0 aromatic heterocycles. The molecular formula is C18H22N2. The van der Waals surface area contributed by atoms with Gasteiger partial charge in [-0.05, 0) is 43.5 Å². The van der Waals surface area contributed by atoms with Crippen LogP contribution in [0.2, 0.25) is 0 Å². The number of aryl methyl sites for hydroxylation is 2. The quantitative estimate of drug-likeness (QED) is 0.904. The molecule has 1 aliphatic rings. The highest BCUT2D eigenvalue weighted by Gasteiger charge is 2.15. The Kier molecular flexibility index (Phi) is 3.91. The minimum Gasteiger partial charge on any atom is -0.383 e. The summed E-state index contributed by atoms with van der Waals surface area (Å²) in [4.78, 5) is 2.50. The van der Waals surface area contributed by atoms with E-state index in [4.69, 9.17) is 0 Å². The maximum absolute atomic E-state index is 3.51. The highest BCUT2D eigenvalue weighted by Crippen LogP contribution is 2.26. The van der Waals surface area contributed by atoms with Crippen LogP contribution in [0.1, 0.15) is 17.5 Å². The molecule has 3 rings (SSSR count). The second kappa shape index (κ2) is 6.00. The SMILES string of the molecule is Cc1ccc(NCCN2CCCc3ccccc32)cc1. The Hall–Kier alpha value is -1.96. The molecule has 2 aromatic carbocycles. The van der Waals surface area contributed by atoms with Crippen molar-refractivity contribution in [2.24, 2.45) is 0 Å². The fraction of sp³-hybridized carbons (Fsp3) is 0.333. The first-order valence-corrected chi connectivity index (χ1v) is 7.46. The van der Waals surface area contributed by atoms with E-state index < -0.39 is 0 Å². The normalized spacial score (nSPS) is 13.9. The Balaban J connectivity index is 1.58. The Bertz CT molecular complexity index is 560. The first-order chi connectivity index (χ1) is 9.83. The van der Waals surface area contributed by atoms with E-state index in [1.54, 1.807) is 0 Å². The van der Waals surface area contributed by atoms with E-state index in [0.717, 1.165) is 13.1 Å². The summed E-state index contributed by atoms with van der Waals surface area (Å²) in [5, 5.41) is 3.51. The lowest BCUT2D eigenvalue weighted by Crippen LogP contribution is -2.33. The summed E-state index contributed by atoms with van der Waals surface area (Å²) in [6.07, 6.45) is 2.49. The zero-order valence-corrected chi connectivity index (χ0v) is 12.1. The fourth-order valence-electron chi connectivity index (χ4n) is 2.85. The van der Waals surface area contributed by atoms with Gasteiger partial charge in [0.1, 0.15) is 0 Å². The van der Waals surface area contributed by atoms with Crippen molar-refractivity contribution in [2.45, 2.75) is 19.8 Å². The average molecular weight is 266 g/mol. The number of rotatable bonds is 4. The molecule has 0 unspecified atom stereocenters. The van der Waals surface area contributed by atoms with Crippen LogP contribution >= 0.6 is 0 Å². The molecule has 20 heavy (non-hydrogen) atoms. The van der Waals surface area contributed by atoms with Gasteiger partial charge in [0.2, 0.25) is 0 Å². The van der Waals surface area contributed by atoms with Gasteiger partial charge >= 0.3 is 0 Å². The molecule has 0 spiro atoms. The molecule has 0 saturated carbocycles. The summed E-state index contributed by atoms with van der Waals surface area (Å²) in [5.41, 5.74) is 5.43. The van der Waals surface area contributed by atoms with Crippen molar-refractivity contribution in [3.63, 3.8) is 0 Å². The first kappa shape index (κ1) is 13.0. The van der Waals surface area contributed by atoms with E-state index >= 15 is 0 Å². The maximum Gasteiger partial charge on any atom is 0.0399 e. The van der Waals surface area contributed by atoms with Crippen LogP contribution in [0.25, 0.3) is 0 Å². The summed E-state index contributed by atoms with van der Waals surface area (Å²) in [5.74, 6) is 0. The Morgan fingerprint density at radius 2 is 1.85 bits per heavy atom. The molecule has 2 nitrogen and oxygen atoms in total. The van der Waals surface area contributed by atoms with Gasteiger partial charge in [-0.25, -0.2) is 0 Å². The van der Waals surface area contributed by atoms with Crippen LogP contribution in [0.5, 0.6) is 0 Å². The van der Waals surface area contributed by atoms with Gasteiger partial charge in [0, 0.05) is 31.0 Å². The van der Waals surface area contributed by atoms with Crippen LogP contribution in [0.4, 0.5) is 11.4 Å². The Morgan fingerprint density at radius 1 is 1.05 bits per heavy atom. The zero-order valence-electron chi connectivity index (χ0n) is 12.1. The van der Waals surface area contributed by atoms with Crippen molar-refractivity contribution in [2.75, 3.05) is 29.9 Å². The lowest BCUT2D eigenvalue weighted by molar-refractivity contribution is 0.698. The predicted molar refractivity (Wildman–Crippen MR) is 86.6 cm³/mol. The molecule has 0 amide bonds. The fourth-order valence-corrected chi connectivity index (χ4v) is 2.85. The molecule has 2 heteroatoms. The molecule has 1 aliphatic heterocycles. The number of anilines is 2. The highest BCUT2D eigenvalue weighted by molar-refractivity contribution is 5.55. The van der Waals surface area contributed by atoms with Crippen LogP contribution in [0.3, 0.4) is 0 Å². The average Bonchev–Trinajstić information content (AvgIpc) is 2.49. The molecule has 2 aromatic rings. The Labute approximate surface area is 121 Å². The van der Waals surface area contributed by atoms with E-state index in [1.807, 2.05) is 0 Å². The second-order valence-electron chi connectivity index (χ2n) is 5.51. The molecule has 0 fully saturated rings. The first-order valence-electron chi connectivity index (χ1n) is 7.46. The van der Waals surface area contributed by atoms with Gasteiger partial charge in [0.15, 0.2) is 0 Å². The second-order valence-corrected chi connectivity index (χ2v) is 5.51. The number of para-hydroxylation sites is 1. The van der Waals surface area contributed by atoms with Crippen molar-refractivity contribution in [1.29, 1.82) is 0 Å². The summed E-state index contributed by atoms with van der Waals surface area (Å²) < 4.78 is 0. The van der Waals surface area contributed by atoms with Gasteiger partial charge in [-0.1, -0.05) is 35.9 Å².